The first-order chi connectivity index (χ1) is 17.0. The Morgan fingerprint density at radius 1 is 1.00 bits per heavy atom. The van der Waals surface area contributed by atoms with Gasteiger partial charge in [0, 0.05) is 30.0 Å². The number of carbonyl (C=O) groups is 4. The largest absolute Gasteiger partial charge is 0.337 e. The molecule has 2 aliphatic heterocycles. The highest BCUT2D eigenvalue weighted by Crippen LogP contribution is 2.37. The SMILES string of the molecule is N#Cc1c(NC(=O)c2ccccc2)sc2c1CCN(C(=O)CCN1C(=O)c3ccccc3C1=O)C2. The number of benzene rings is 2. The Bertz CT molecular complexity index is 1370. The molecule has 0 fully saturated rings. The van der Waals surface area contributed by atoms with Gasteiger partial charge in [-0.15, -0.1) is 11.3 Å². The lowest BCUT2D eigenvalue weighted by Crippen LogP contribution is -2.39. The third-order valence-corrected chi connectivity index (χ3v) is 7.34. The summed E-state index contributed by atoms with van der Waals surface area (Å²) in [5.41, 5.74) is 2.51. The van der Waals surface area contributed by atoms with Crippen molar-refractivity contribution >= 4 is 40.0 Å². The van der Waals surface area contributed by atoms with E-state index in [0.717, 1.165) is 15.3 Å². The summed E-state index contributed by atoms with van der Waals surface area (Å²) in [6.07, 6.45) is 0.517. The van der Waals surface area contributed by atoms with Crippen LogP contribution in [0.4, 0.5) is 5.00 Å². The molecule has 0 saturated carbocycles. The van der Waals surface area contributed by atoms with Crippen molar-refractivity contribution in [1.29, 1.82) is 5.26 Å². The molecule has 0 radical (unpaired) electrons. The van der Waals surface area contributed by atoms with Gasteiger partial charge in [-0.05, 0) is 36.2 Å². The van der Waals surface area contributed by atoms with E-state index in [4.69, 9.17) is 0 Å². The summed E-state index contributed by atoms with van der Waals surface area (Å²) < 4.78 is 0. The molecule has 174 valence electrons. The van der Waals surface area contributed by atoms with Crippen LogP contribution in [0.1, 0.15) is 53.5 Å². The molecule has 0 spiro atoms. The fourth-order valence-electron chi connectivity index (χ4n) is 4.40. The summed E-state index contributed by atoms with van der Waals surface area (Å²) in [4.78, 5) is 54.2. The zero-order chi connectivity index (χ0) is 24.5. The molecular formula is C26H20N4O4S. The average molecular weight is 485 g/mol. The lowest BCUT2D eigenvalue weighted by molar-refractivity contribution is -0.132. The third-order valence-electron chi connectivity index (χ3n) is 6.21. The van der Waals surface area contributed by atoms with Crippen LogP contribution in [0.2, 0.25) is 0 Å². The minimum absolute atomic E-state index is 0.0147. The van der Waals surface area contributed by atoms with Crippen LogP contribution in [0, 0.1) is 11.3 Å². The van der Waals surface area contributed by atoms with Crippen LogP contribution in [0.15, 0.2) is 54.6 Å². The molecule has 0 aliphatic carbocycles. The molecule has 3 heterocycles. The number of hydrogen-bond donors (Lipinski definition) is 1. The Hall–Kier alpha value is -4.29. The number of hydrogen-bond acceptors (Lipinski definition) is 6. The first-order valence-electron chi connectivity index (χ1n) is 11.1. The first-order valence-corrected chi connectivity index (χ1v) is 11.9. The van der Waals surface area contributed by atoms with Gasteiger partial charge in [0.1, 0.15) is 11.1 Å². The van der Waals surface area contributed by atoms with E-state index >= 15 is 0 Å². The number of carbonyl (C=O) groups excluding carboxylic acids is 4. The molecule has 0 unspecified atom stereocenters. The highest BCUT2D eigenvalue weighted by atomic mass is 32.1. The van der Waals surface area contributed by atoms with Crippen LogP contribution in [-0.4, -0.2) is 46.5 Å². The van der Waals surface area contributed by atoms with Crippen molar-refractivity contribution in [2.24, 2.45) is 0 Å². The maximum absolute atomic E-state index is 12.9. The van der Waals surface area contributed by atoms with Crippen molar-refractivity contribution < 1.29 is 19.2 Å². The van der Waals surface area contributed by atoms with Crippen molar-refractivity contribution in [3.8, 4) is 6.07 Å². The molecule has 0 saturated heterocycles. The Balaban J connectivity index is 1.25. The van der Waals surface area contributed by atoms with Gasteiger partial charge in [-0.1, -0.05) is 30.3 Å². The topological polar surface area (TPSA) is 111 Å². The summed E-state index contributed by atoms with van der Waals surface area (Å²) in [6, 6.07) is 17.6. The number of anilines is 1. The molecule has 0 bridgehead atoms. The van der Waals surface area contributed by atoms with E-state index in [-0.39, 0.29) is 36.6 Å². The van der Waals surface area contributed by atoms with E-state index in [1.54, 1.807) is 53.4 Å². The zero-order valence-corrected chi connectivity index (χ0v) is 19.4. The number of nitrogens with one attached hydrogen (secondary N) is 1. The lowest BCUT2D eigenvalue weighted by Gasteiger charge is -2.27. The van der Waals surface area contributed by atoms with Crippen LogP contribution in [0.25, 0.3) is 0 Å². The van der Waals surface area contributed by atoms with E-state index in [1.807, 2.05) is 6.07 Å². The zero-order valence-electron chi connectivity index (χ0n) is 18.6. The number of rotatable bonds is 5. The minimum atomic E-state index is -0.380. The van der Waals surface area contributed by atoms with Crippen molar-refractivity contribution in [2.75, 3.05) is 18.4 Å². The number of fused-ring (bicyclic) bond motifs is 2. The second kappa shape index (κ2) is 9.16. The van der Waals surface area contributed by atoms with Gasteiger partial charge < -0.3 is 10.2 Å². The van der Waals surface area contributed by atoms with E-state index in [1.165, 1.54) is 11.3 Å². The normalized spacial score (nSPS) is 14.4. The Morgan fingerprint density at radius 3 is 2.31 bits per heavy atom. The van der Waals surface area contributed by atoms with Gasteiger partial charge in [0.15, 0.2) is 0 Å². The molecule has 1 aromatic heterocycles. The predicted octanol–water partition coefficient (Wildman–Crippen LogP) is 3.44. The Kier molecular flexibility index (Phi) is 5.89. The number of nitrogens with zero attached hydrogens (tertiary/aromatic N) is 3. The van der Waals surface area contributed by atoms with Gasteiger partial charge in [-0.3, -0.25) is 24.1 Å². The molecule has 5 rings (SSSR count). The van der Waals surface area contributed by atoms with Gasteiger partial charge in [0.25, 0.3) is 17.7 Å². The van der Waals surface area contributed by atoms with Gasteiger partial charge in [-0.25, -0.2) is 0 Å². The van der Waals surface area contributed by atoms with Crippen LogP contribution in [0.5, 0.6) is 0 Å². The van der Waals surface area contributed by atoms with Gasteiger partial charge in [0.2, 0.25) is 5.91 Å². The van der Waals surface area contributed by atoms with Gasteiger partial charge in [-0.2, -0.15) is 5.26 Å². The Labute approximate surface area is 205 Å². The quantitative estimate of drug-likeness (QED) is 0.558. The second-order valence-electron chi connectivity index (χ2n) is 8.26. The molecule has 9 heteroatoms. The summed E-state index contributed by atoms with van der Waals surface area (Å²) in [7, 11) is 0. The highest BCUT2D eigenvalue weighted by Gasteiger charge is 2.35. The van der Waals surface area contributed by atoms with Crippen molar-refractivity contribution in [3.63, 3.8) is 0 Å². The highest BCUT2D eigenvalue weighted by molar-refractivity contribution is 7.16. The number of thiophene rings is 1. The minimum Gasteiger partial charge on any atom is -0.337 e. The van der Waals surface area contributed by atoms with Gasteiger partial charge >= 0.3 is 0 Å². The van der Waals surface area contributed by atoms with E-state index < -0.39 is 0 Å². The van der Waals surface area contributed by atoms with Gasteiger partial charge in [0.05, 0.1) is 23.2 Å². The number of amides is 4. The van der Waals surface area contributed by atoms with E-state index in [9.17, 15) is 24.4 Å². The number of imide groups is 1. The summed E-state index contributed by atoms with van der Waals surface area (Å²) in [5, 5.41) is 13.0. The van der Waals surface area contributed by atoms with Crippen molar-refractivity contribution in [1.82, 2.24) is 9.80 Å². The fourth-order valence-corrected chi connectivity index (χ4v) is 5.60. The Morgan fingerprint density at radius 2 is 1.66 bits per heavy atom. The maximum atomic E-state index is 12.9. The summed E-state index contributed by atoms with van der Waals surface area (Å²) in [6.45, 7) is 0.753. The molecule has 35 heavy (non-hydrogen) atoms. The number of nitriles is 1. The molecule has 4 amide bonds. The van der Waals surface area contributed by atoms with Crippen LogP contribution >= 0.6 is 11.3 Å². The summed E-state index contributed by atoms with van der Waals surface area (Å²) >= 11 is 1.30. The third kappa shape index (κ3) is 4.09. The fraction of sp³-hybridized carbons (Fsp3) is 0.192. The molecule has 0 atom stereocenters. The standard InChI is InChI=1S/C26H20N4O4S/c27-14-20-17-10-12-29(15-21(17)35-24(20)28-23(32)16-6-2-1-3-7-16)22(31)11-13-30-25(33)18-8-4-5-9-19(18)26(30)34/h1-9H,10-13,15H2,(H,28,32). The van der Waals surface area contributed by atoms with Crippen molar-refractivity contribution in [2.45, 2.75) is 19.4 Å². The predicted molar refractivity (Wildman–Crippen MR) is 129 cm³/mol. The smallest absolute Gasteiger partial charge is 0.261 e. The van der Waals surface area contributed by atoms with Crippen molar-refractivity contribution in [3.05, 3.63) is 87.3 Å². The van der Waals surface area contributed by atoms with E-state index in [2.05, 4.69) is 11.4 Å². The van der Waals surface area contributed by atoms with Crippen LogP contribution in [0.3, 0.4) is 0 Å². The second-order valence-corrected chi connectivity index (χ2v) is 9.37. The first kappa shape index (κ1) is 22.5. The molecular weight excluding hydrogens is 464 g/mol. The van der Waals surface area contributed by atoms with E-state index in [0.29, 0.717) is 46.8 Å². The summed E-state index contributed by atoms with van der Waals surface area (Å²) in [5.74, 6) is -1.23. The average Bonchev–Trinajstić information content (AvgIpc) is 3.36. The monoisotopic (exact) mass is 484 g/mol. The van der Waals surface area contributed by atoms with Crippen LogP contribution in [-0.2, 0) is 17.8 Å². The molecule has 2 aliphatic rings. The van der Waals surface area contributed by atoms with Crippen LogP contribution < -0.4 is 5.32 Å². The molecule has 2 aromatic carbocycles. The molecule has 1 N–H and O–H groups in total. The molecule has 3 aromatic rings. The lowest BCUT2D eigenvalue weighted by atomic mass is 10.0. The maximum Gasteiger partial charge on any atom is 0.261 e. The molecule has 8 nitrogen and oxygen atoms in total.